The lowest BCUT2D eigenvalue weighted by molar-refractivity contribution is -0.141. The molecule has 0 aromatic carbocycles. The fraction of sp³-hybridized carbons (Fsp3) is 0.611. The fourth-order valence-corrected chi connectivity index (χ4v) is 2.86. The second-order valence-corrected chi connectivity index (χ2v) is 7.59. The maximum atomic E-state index is 12.6. The number of nitrogens with zero attached hydrogens (tertiary/aromatic N) is 3. The number of carbonyl (C=O) groups is 1. The van der Waals surface area contributed by atoms with Crippen LogP contribution >= 0.6 is 0 Å². The molecule has 0 aliphatic carbocycles. The minimum absolute atomic E-state index is 0.302. The molecule has 2 heterocycles. The smallest absolute Gasteiger partial charge is 0.433 e. The minimum atomic E-state index is -4.48. The van der Waals surface area contributed by atoms with Crippen LogP contribution in [0.1, 0.15) is 44.9 Å². The monoisotopic (exact) mass is 369 g/mol. The van der Waals surface area contributed by atoms with Gasteiger partial charge >= 0.3 is 12.3 Å². The van der Waals surface area contributed by atoms with Gasteiger partial charge in [0.25, 0.3) is 0 Å². The number of halogens is 3. The highest BCUT2D eigenvalue weighted by Gasteiger charge is 2.38. The van der Waals surface area contributed by atoms with E-state index in [2.05, 4.69) is 11.1 Å². The maximum absolute atomic E-state index is 12.6. The molecule has 1 aliphatic heterocycles. The van der Waals surface area contributed by atoms with E-state index in [1.165, 1.54) is 12.3 Å². The standard InChI is InChI=1S/C18H22F3N3O2/c1-16(2,3)26-15(25)24-8-6-17(12-22,7-9-24)10-13-4-5-14(23-11-13)18(19,20)21/h4-5,11H,6-10H2,1-3H3. The van der Waals surface area contributed by atoms with E-state index in [1.807, 2.05) is 0 Å². The van der Waals surface area contributed by atoms with E-state index in [1.54, 1.807) is 25.7 Å². The summed E-state index contributed by atoms with van der Waals surface area (Å²) in [4.78, 5) is 17.1. The van der Waals surface area contributed by atoms with Gasteiger partial charge in [-0.3, -0.25) is 4.98 Å². The Morgan fingerprint density at radius 3 is 2.35 bits per heavy atom. The number of pyridine rings is 1. The van der Waals surface area contributed by atoms with Crippen LogP contribution in [0.3, 0.4) is 0 Å². The van der Waals surface area contributed by atoms with Gasteiger partial charge in [-0.25, -0.2) is 4.79 Å². The van der Waals surface area contributed by atoms with Crippen LogP contribution in [0.25, 0.3) is 0 Å². The van der Waals surface area contributed by atoms with E-state index < -0.39 is 29.0 Å². The van der Waals surface area contributed by atoms with Gasteiger partial charge in [-0.1, -0.05) is 6.07 Å². The van der Waals surface area contributed by atoms with Gasteiger partial charge in [0.15, 0.2) is 0 Å². The normalized spacial score (nSPS) is 17.5. The topological polar surface area (TPSA) is 66.2 Å². The first kappa shape index (κ1) is 20.0. The molecule has 1 amide bonds. The second-order valence-electron chi connectivity index (χ2n) is 7.59. The molecule has 0 radical (unpaired) electrons. The summed E-state index contributed by atoms with van der Waals surface area (Å²) in [5.41, 5.74) is -1.69. The molecule has 0 bridgehead atoms. The van der Waals surface area contributed by atoms with Crippen molar-refractivity contribution in [3.63, 3.8) is 0 Å². The van der Waals surface area contributed by atoms with E-state index in [-0.39, 0.29) is 0 Å². The van der Waals surface area contributed by atoms with Crippen molar-refractivity contribution in [2.75, 3.05) is 13.1 Å². The Morgan fingerprint density at radius 2 is 1.92 bits per heavy atom. The molecule has 2 rings (SSSR count). The molecule has 1 aromatic rings. The molecule has 0 unspecified atom stereocenters. The zero-order valence-electron chi connectivity index (χ0n) is 15.1. The molecule has 0 N–H and O–H groups in total. The minimum Gasteiger partial charge on any atom is -0.444 e. The van der Waals surface area contributed by atoms with E-state index in [0.29, 0.717) is 37.9 Å². The molecule has 26 heavy (non-hydrogen) atoms. The van der Waals surface area contributed by atoms with Crippen LogP contribution in [0.2, 0.25) is 0 Å². The Hall–Kier alpha value is -2.30. The Bertz CT molecular complexity index is 680. The van der Waals surface area contributed by atoms with Gasteiger partial charge in [0.05, 0.1) is 11.5 Å². The van der Waals surface area contributed by atoms with Gasteiger partial charge in [0, 0.05) is 19.3 Å². The number of piperidine rings is 1. The summed E-state index contributed by atoms with van der Waals surface area (Å²) >= 11 is 0. The van der Waals surface area contributed by atoms with Crippen LogP contribution in [-0.2, 0) is 17.3 Å². The molecule has 142 valence electrons. The highest BCUT2D eigenvalue weighted by atomic mass is 19.4. The van der Waals surface area contributed by atoms with Gasteiger partial charge in [-0.15, -0.1) is 0 Å². The van der Waals surface area contributed by atoms with Crippen molar-refractivity contribution in [3.05, 3.63) is 29.6 Å². The number of hydrogen-bond acceptors (Lipinski definition) is 4. The van der Waals surface area contributed by atoms with E-state index >= 15 is 0 Å². The zero-order chi connectivity index (χ0) is 19.6. The number of nitriles is 1. The second kappa shape index (κ2) is 7.14. The summed E-state index contributed by atoms with van der Waals surface area (Å²) in [6.45, 7) is 6.09. The molecular formula is C18H22F3N3O2. The molecule has 0 atom stereocenters. The molecular weight excluding hydrogens is 347 g/mol. The number of rotatable bonds is 2. The lowest BCUT2D eigenvalue weighted by atomic mass is 9.75. The number of aromatic nitrogens is 1. The Kier molecular flexibility index (Phi) is 5.49. The van der Waals surface area contributed by atoms with Crippen LogP contribution in [-0.4, -0.2) is 34.7 Å². The largest absolute Gasteiger partial charge is 0.444 e. The first-order valence-corrected chi connectivity index (χ1v) is 8.35. The van der Waals surface area contributed by atoms with Gasteiger partial charge in [-0.2, -0.15) is 18.4 Å². The number of hydrogen-bond donors (Lipinski definition) is 0. The van der Waals surface area contributed by atoms with Crippen LogP contribution in [0.15, 0.2) is 18.3 Å². The maximum Gasteiger partial charge on any atom is 0.433 e. The molecule has 8 heteroatoms. The fourth-order valence-electron chi connectivity index (χ4n) is 2.86. The Morgan fingerprint density at radius 1 is 1.31 bits per heavy atom. The lowest BCUT2D eigenvalue weighted by Gasteiger charge is -2.37. The Labute approximate surface area is 150 Å². The van der Waals surface area contributed by atoms with Gasteiger partial charge in [0.2, 0.25) is 0 Å². The van der Waals surface area contributed by atoms with E-state index in [0.717, 1.165) is 6.07 Å². The predicted molar refractivity (Wildman–Crippen MR) is 88.0 cm³/mol. The summed E-state index contributed by atoms with van der Waals surface area (Å²) < 4.78 is 43.1. The van der Waals surface area contributed by atoms with Crippen molar-refractivity contribution in [1.29, 1.82) is 5.26 Å². The van der Waals surface area contributed by atoms with Crippen molar-refractivity contribution < 1.29 is 22.7 Å². The summed E-state index contributed by atoms with van der Waals surface area (Å²) in [5, 5.41) is 9.61. The van der Waals surface area contributed by atoms with E-state index in [9.17, 15) is 23.2 Å². The van der Waals surface area contributed by atoms with Crippen molar-refractivity contribution in [2.45, 2.75) is 51.8 Å². The highest BCUT2D eigenvalue weighted by Crippen LogP contribution is 2.35. The third-order valence-corrected chi connectivity index (χ3v) is 4.27. The number of alkyl halides is 3. The van der Waals surface area contributed by atoms with E-state index in [4.69, 9.17) is 4.74 Å². The summed E-state index contributed by atoms with van der Waals surface area (Å²) in [6.07, 6.45) is -2.56. The molecule has 1 aromatic heterocycles. The highest BCUT2D eigenvalue weighted by molar-refractivity contribution is 5.68. The first-order chi connectivity index (χ1) is 11.9. The van der Waals surface area contributed by atoms with Gasteiger partial charge < -0.3 is 9.64 Å². The molecule has 0 saturated carbocycles. The molecule has 5 nitrogen and oxygen atoms in total. The average Bonchev–Trinajstić information content (AvgIpc) is 2.53. The van der Waals surface area contributed by atoms with Crippen molar-refractivity contribution >= 4 is 6.09 Å². The van der Waals surface area contributed by atoms with Gasteiger partial charge in [0.1, 0.15) is 11.3 Å². The molecule has 1 saturated heterocycles. The van der Waals surface area contributed by atoms with Crippen LogP contribution in [0.4, 0.5) is 18.0 Å². The number of ether oxygens (including phenoxy) is 1. The third-order valence-electron chi connectivity index (χ3n) is 4.27. The molecule has 0 spiro atoms. The van der Waals surface area contributed by atoms with Crippen LogP contribution in [0.5, 0.6) is 0 Å². The number of carbonyl (C=O) groups excluding carboxylic acids is 1. The van der Waals surface area contributed by atoms with Crippen LogP contribution < -0.4 is 0 Å². The molecule has 1 aliphatic rings. The Balaban J connectivity index is 2.01. The predicted octanol–water partition coefficient (Wildman–Crippen LogP) is 4.18. The third kappa shape index (κ3) is 5.10. The summed E-state index contributed by atoms with van der Waals surface area (Å²) in [5.74, 6) is 0. The van der Waals surface area contributed by atoms with Gasteiger partial charge in [-0.05, 0) is 51.7 Å². The van der Waals surface area contributed by atoms with Crippen LogP contribution in [0, 0.1) is 16.7 Å². The van der Waals surface area contributed by atoms with Crippen molar-refractivity contribution in [2.24, 2.45) is 5.41 Å². The SMILES string of the molecule is CC(C)(C)OC(=O)N1CCC(C#N)(Cc2ccc(C(F)(F)F)nc2)CC1. The summed E-state index contributed by atoms with van der Waals surface area (Å²) in [6, 6.07) is 4.57. The lowest BCUT2D eigenvalue weighted by Crippen LogP contribution is -2.45. The van der Waals surface area contributed by atoms with Crippen molar-refractivity contribution in [3.8, 4) is 6.07 Å². The summed E-state index contributed by atoms with van der Waals surface area (Å²) in [7, 11) is 0. The number of likely N-dealkylation sites (tertiary alicyclic amines) is 1. The molecule has 1 fully saturated rings. The van der Waals surface area contributed by atoms with Crippen molar-refractivity contribution in [1.82, 2.24) is 9.88 Å². The average molecular weight is 369 g/mol. The zero-order valence-corrected chi connectivity index (χ0v) is 15.1. The quantitative estimate of drug-likeness (QED) is 0.784. The number of amides is 1. The first-order valence-electron chi connectivity index (χ1n) is 8.35.